The smallest absolute Gasteiger partial charge is 0.283 e. The monoisotopic (exact) mass is 325 g/mol. The Morgan fingerprint density at radius 3 is 2.39 bits per heavy atom. The van der Waals surface area contributed by atoms with Gasteiger partial charge in [0.25, 0.3) is 11.8 Å². The molecule has 5 nitrogen and oxygen atoms in total. The van der Waals surface area contributed by atoms with E-state index in [2.05, 4.69) is 4.98 Å². The van der Waals surface area contributed by atoms with Gasteiger partial charge in [0.05, 0.1) is 32.4 Å². The molecule has 2 aromatic rings. The Labute approximate surface area is 130 Å². The van der Waals surface area contributed by atoms with Crippen LogP contribution in [-0.2, 0) is 11.0 Å². The zero-order valence-electron chi connectivity index (χ0n) is 12.7. The average Bonchev–Trinajstić information content (AvgIpc) is 2.45. The van der Waals surface area contributed by atoms with Crippen LogP contribution < -0.4 is 10.0 Å². The van der Waals surface area contributed by atoms with Crippen molar-refractivity contribution in [2.75, 3.05) is 21.1 Å². The van der Waals surface area contributed by atoms with E-state index in [9.17, 15) is 22.8 Å². The predicted molar refractivity (Wildman–Crippen MR) is 79.2 cm³/mol. The number of quaternary nitrogens is 1. The topological polar surface area (TPSA) is 52.0 Å². The van der Waals surface area contributed by atoms with Crippen molar-refractivity contribution in [1.82, 2.24) is 14.0 Å². The van der Waals surface area contributed by atoms with E-state index in [0.717, 1.165) is 16.7 Å². The molecule has 1 radical (unpaired) electrons. The van der Waals surface area contributed by atoms with Crippen molar-refractivity contribution in [3.8, 4) is 5.69 Å². The average molecular weight is 325 g/mol. The van der Waals surface area contributed by atoms with Gasteiger partial charge in [-0.25, -0.2) is 9.55 Å². The number of aromatic nitrogens is 2. The molecule has 0 fully saturated rings. The molecule has 2 rings (SSSR count). The summed E-state index contributed by atoms with van der Waals surface area (Å²) in [5.41, 5.74) is -2.18. The maximum absolute atomic E-state index is 12.9. The summed E-state index contributed by atoms with van der Waals surface area (Å²) in [6.45, 7) is 0. The second-order valence-electron chi connectivity index (χ2n) is 5.77. The van der Waals surface area contributed by atoms with Gasteiger partial charge in [-0.2, -0.15) is 13.2 Å². The molecule has 0 aliphatic heterocycles. The van der Waals surface area contributed by atoms with Crippen LogP contribution in [0.4, 0.5) is 19.0 Å². The minimum absolute atomic E-state index is 0.00627. The Hall–Kier alpha value is -2.48. The Morgan fingerprint density at radius 1 is 1.22 bits per heavy atom. The van der Waals surface area contributed by atoms with E-state index in [1.807, 2.05) is 0 Å². The highest BCUT2D eigenvalue weighted by Gasteiger charge is 2.31. The van der Waals surface area contributed by atoms with Crippen LogP contribution in [0.1, 0.15) is 11.3 Å². The first-order valence-electron chi connectivity index (χ1n) is 6.55. The van der Waals surface area contributed by atoms with Crippen molar-refractivity contribution in [2.45, 2.75) is 6.18 Å². The zero-order chi connectivity index (χ0) is 17.4. The molecule has 0 aliphatic rings. The summed E-state index contributed by atoms with van der Waals surface area (Å²) in [7, 11) is 5.18. The molecule has 23 heavy (non-hydrogen) atoms. The van der Waals surface area contributed by atoms with Crippen LogP contribution in [0.25, 0.3) is 5.69 Å². The van der Waals surface area contributed by atoms with Gasteiger partial charge in [0.2, 0.25) is 5.82 Å². The highest BCUT2D eigenvalue weighted by molar-refractivity contribution is 5.72. The largest absolute Gasteiger partial charge is 0.416 e. The second-order valence-corrected chi connectivity index (χ2v) is 5.77. The standard InChI is InChI=1S/C15H14F3N3O2/c1-21(2,3)13-8-19-12(9-22)14(23)20(13)11-6-4-5-10(7-11)15(16,17)18/h4-8H,1-3H3/q+1. The molecule has 121 valence electrons. The van der Waals surface area contributed by atoms with Gasteiger partial charge >= 0.3 is 6.18 Å². The summed E-state index contributed by atoms with van der Waals surface area (Å²) >= 11 is 0. The fourth-order valence-corrected chi connectivity index (χ4v) is 2.06. The third kappa shape index (κ3) is 3.31. The summed E-state index contributed by atoms with van der Waals surface area (Å²) in [5.74, 6) is 0.327. The third-order valence-electron chi connectivity index (χ3n) is 3.16. The summed E-state index contributed by atoms with van der Waals surface area (Å²) in [5, 5.41) is 0. The van der Waals surface area contributed by atoms with Gasteiger partial charge in [0, 0.05) is 0 Å². The van der Waals surface area contributed by atoms with Gasteiger partial charge in [-0.15, -0.1) is 0 Å². The van der Waals surface area contributed by atoms with Crippen LogP contribution in [-0.4, -0.2) is 37.0 Å². The first-order valence-corrected chi connectivity index (χ1v) is 6.55. The lowest BCUT2D eigenvalue weighted by Crippen LogP contribution is -2.41. The lowest BCUT2D eigenvalue weighted by atomic mass is 10.2. The lowest BCUT2D eigenvalue weighted by molar-refractivity contribution is -0.137. The molecule has 8 heteroatoms. The molecule has 0 saturated carbocycles. The van der Waals surface area contributed by atoms with E-state index in [1.54, 1.807) is 21.1 Å². The molecular formula is C15H14F3N3O2+. The highest BCUT2D eigenvalue weighted by atomic mass is 19.4. The van der Waals surface area contributed by atoms with Crippen molar-refractivity contribution in [3.05, 3.63) is 52.1 Å². The predicted octanol–water partition coefficient (Wildman–Crippen LogP) is 1.91. The number of rotatable bonds is 3. The van der Waals surface area contributed by atoms with E-state index in [0.29, 0.717) is 5.82 Å². The molecule has 1 aromatic carbocycles. The first kappa shape index (κ1) is 16.9. The number of benzene rings is 1. The van der Waals surface area contributed by atoms with Crippen molar-refractivity contribution < 1.29 is 18.0 Å². The number of nitrogens with zero attached hydrogens (tertiary/aromatic N) is 3. The van der Waals surface area contributed by atoms with Crippen LogP contribution in [0.5, 0.6) is 0 Å². The number of hydrogen-bond acceptors (Lipinski definition) is 3. The van der Waals surface area contributed by atoms with Crippen molar-refractivity contribution in [2.24, 2.45) is 0 Å². The van der Waals surface area contributed by atoms with Gasteiger partial charge in [-0.1, -0.05) is 6.07 Å². The van der Waals surface area contributed by atoms with E-state index >= 15 is 0 Å². The van der Waals surface area contributed by atoms with Crippen LogP contribution in [0.2, 0.25) is 0 Å². The molecule has 0 amide bonds. The van der Waals surface area contributed by atoms with E-state index < -0.39 is 23.0 Å². The molecule has 1 aromatic heterocycles. The van der Waals surface area contributed by atoms with Crippen molar-refractivity contribution >= 4 is 12.1 Å². The molecular weight excluding hydrogens is 311 g/mol. The summed E-state index contributed by atoms with van der Waals surface area (Å²) < 4.78 is 39.9. The number of hydrogen-bond donors (Lipinski definition) is 0. The molecule has 0 atom stereocenters. The summed E-state index contributed by atoms with van der Waals surface area (Å²) in [6, 6.07) is 4.34. The summed E-state index contributed by atoms with van der Waals surface area (Å²) in [6.07, 6.45) is -1.85. The quantitative estimate of drug-likeness (QED) is 0.810. The SMILES string of the molecule is C[N+](C)(C)c1cnc([C]=O)c(=O)n1-c1cccc(C(F)(F)F)c1. The maximum Gasteiger partial charge on any atom is 0.416 e. The Bertz CT molecular complexity index is 805. The normalized spacial score (nSPS) is 12.3. The fraction of sp³-hybridized carbons (Fsp3) is 0.267. The molecule has 0 unspecified atom stereocenters. The van der Waals surface area contributed by atoms with Gasteiger partial charge < -0.3 is 0 Å². The first-order chi connectivity index (χ1) is 10.6. The van der Waals surface area contributed by atoms with Crippen molar-refractivity contribution in [1.29, 1.82) is 0 Å². The van der Waals surface area contributed by atoms with Crippen LogP contribution >= 0.6 is 0 Å². The highest BCUT2D eigenvalue weighted by Crippen LogP contribution is 2.31. The molecule has 0 saturated heterocycles. The fourth-order valence-electron chi connectivity index (χ4n) is 2.06. The van der Waals surface area contributed by atoms with Crippen LogP contribution in [0.15, 0.2) is 35.3 Å². The Morgan fingerprint density at radius 2 is 1.87 bits per heavy atom. The van der Waals surface area contributed by atoms with Crippen LogP contribution in [0.3, 0.4) is 0 Å². The minimum atomic E-state index is -4.54. The molecule has 0 aliphatic carbocycles. The van der Waals surface area contributed by atoms with Gasteiger partial charge in [-0.05, 0) is 18.2 Å². The van der Waals surface area contributed by atoms with E-state index in [-0.39, 0.29) is 10.2 Å². The number of carbonyl (C=O) groups excluding carboxylic acids is 1. The molecule has 0 spiro atoms. The minimum Gasteiger partial charge on any atom is -0.283 e. The Kier molecular flexibility index (Phi) is 4.12. The molecule has 1 heterocycles. The van der Waals surface area contributed by atoms with Crippen LogP contribution in [0, 0.1) is 0 Å². The van der Waals surface area contributed by atoms with E-state index in [4.69, 9.17) is 0 Å². The number of halogens is 3. The maximum atomic E-state index is 12.9. The third-order valence-corrected chi connectivity index (χ3v) is 3.16. The van der Waals surface area contributed by atoms with Gasteiger partial charge in [0.15, 0.2) is 5.69 Å². The van der Waals surface area contributed by atoms with Gasteiger partial charge in [-0.3, -0.25) is 14.1 Å². The van der Waals surface area contributed by atoms with Gasteiger partial charge in [0.1, 0.15) is 6.20 Å². The van der Waals surface area contributed by atoms with E-state index in [1.165, 1.54) is 24.6 Å². The summed E-state index contributed by atoms with van der Waals surface area (Å²) in [4.78, 5) is 26.9. The number of alkyl halides is 3. The lowest BCUT2D eigenvalue weighted by Gasteiger charge is -2.26. The molecule has 0 N–H and O–H groups in total. The molecule has 0 bridgehead atoms. The zero-order valence-corrected chi connectivity index (χ0v) is 12.7. The second kappa shape index (κ2) is 5.62. The Balaban J connectivity index is 2.81. The van der Waals surface area contributed by atoms with Crippen molar-refractivity contribution in [3.63, 3.8) is 0 Å².